The van der Waals surface area contributed by atoms with Gasteiger partial charge in [0.2, 0.25) is 10.3 Å². The average Bonchev–Trinajstić information content (AvgIpc) is 2.76. The van der Waals surface area contributed by atoms with E-state index in [0.29, 0.717) is 6.54 Å². The third kappa shape index (κ3) is 2.11. The summed E-state index contributed by atoms with van der Waals surface area (Å²) in [5.74, 6) is 0. The molecule has 0 amide bonds. The van der Waals surface area contributed by atoms with Gasteiger partial charge in [0.05, 0.1) is 0 Å². The van der Waals surface area contributed by atoms with Crippen molar-refractivity contribution < 1.29 is 5.21 Å². The molecule has 1 unspecified atom stereocenters. The summed E-state index contributed by atoms with van der Waals surface area (Å²) in [4.78, 5) is 0. The van der Waals surface area contributed by atoms with E-state index in [4.69, 9.17) is 0 Å². The molecule has 2 heterocycles. The van der Waals surface area contributed by atoms with Gasteiger partial charge in [0, 0.05) is 26.2 Å². The fraction of sp³-hybridized carbons (Fsp3) is 0.714. The minimum absolute atomic E-state index is 0.276. The predicted octanol–water partition coefficient (Wildman–Crippen LogP) is 0.455. The normalized spacial score (nSPS) is 22.6. The Kier molecular flexibility index (Phi) is 2.80. The van der Waals surface area contributed by atoms with E-state index in [1.54, 1.807) is 0 Å². The number of rotatable bonds is 3. The Hall–Kier alpha value is -0.920. The Balaban J connectivity index is 1.90. The highest BCUT2D eigenvalue weighted by Gasteiger charge is 2.21. The van der Waals surface area contributed by atoms with Crippen LogP contribution in [0.1, 0.15) is 6.42 Å². The first kappa shape index (κ1) is 9.63. The van der Waals surface area contributed by atoms with Crippen LogP contribution in [0.4, 0.5) is 10.3 Å². The number of hydrogen-bond acceptors (Lipinski definition) is 7. The van der Waals surface area contributed by atoms with Crippen molar-refractivity contribution in [1.82, 2.24) is 15.3 Å². The highest BCUT2D eigenvalue weighted by molar-refractivity contribution is 7.19. The molecular formula is C7H13N5OS. The van der Waals surface area contributed by atoms with Gasteiger partial charge in [-0.05, 0) is 6.42 Å². The van der Waals surface area contributed by atoms with Gasteiger partial charge < -0.3 is 15.8 Å². The summed E-state index contributed by atoms with van der Waals surface area (Å²) >= 11 is 1.48. The number of hydroxylamine groups is 2. The summed E-state index contributed by atoms with van der Waals surface area (Å²) in [5, 5.41) is 26.1. The molecule has 0 spiro atoms. The molecule has 1 atom stereocenters. The zero-order chi connectivity index (χ0) is 9.97. The molecule has 0 aliphatic carbocycles. The van der Waals surface area contributed by atoms with Crippen molar-refractivity contribution in [3.8, 4) is 0 Å². The standard InChI is InChI=1S/C7H13N5OS/c1-8-6-10-11-7(14-6)9-5-2-3-12(13)4-5/h5,13H,2-4H2,1H3,(H,8,10)(H,9,11). The van der Waals surface area contributed by atoms with Gasteiger partial charge >= 0.3 is 0 Å². The van der Waals surface area contributed by atoms with Gasteiger partial charge in [0.1, 0.15) is 0 Å². The maximum absolute atomic E-state index is 9.18. The molecule has 1 aromatic heterocycles. The Morgan fingerprint density at radius 3 is 2.86 bits per heavy atom. The van der Waals surface area contributed by atoms with Crippen LogP contribution in [0.2, 0.25) is 0 Å². The van der Waals surface area contributed by atoms with E-state index in [0.717, 1.165) is 23.2 Å². The SMILES string of the molecule is CNc1nnc(NC2CCN(O)C2)s1. The number of nitrogens with one attached hydrogen (secondary N) is 2. The number of aromatic nitrogens is 2. The minimum atomic E-state index is 0.276. The van der Waals surface area contributed by atoms with Crippen LogP contribution in [-0.2, 0) is 0 Å². The molecule has 78 valence electrons. The van der Waals surface area contributed by atoms with Crippen LogP contribution in [0.5, 0.6) is 0 Å². The van der Waals surface area contributed by atoms with Gasteiger partial charge in [0.15, 0.2) is 0 Å². The van der Waals surface area contributed by atoms with Crippen LogP contribution in [0, 0.1) is 0 Å². The van der Waals surface area contributed by atoms with Gasteiger partial charge in [-0.1, -0.05) is 11.3 Å². The summed E-state index contributed by atoms with van der Waals surface area (Å²) in [5.41, 5.74) is 0. The molecule has 6 nitrogen and oxygen atoms in total. The van der Waals surface area contributed by atoms with Crippen LogP contribution in [-0.4, -0.2) is 46.6 Å². The molecule has 14 heavy (non-hydrogen) atoms. The van der Waals surface area contributed by atoms with Crippen LogP contribution < -0.4 is 10.6 Å². The molecule has 0 aromatic carbocycles. The Morgan fingerprint density at radius 2 is 2.29 bits per heavy atom. The van der Waals surface area contributed by atoms with E-state index in [1.165, 1.54) is 16.4 Å². The second kappa shape index (κ2) is 4.07. The van der Waals surface area contributed by atoms with Crippen LogP contribution >= 0.6 is 11.3 Å². The zero-order valence-corrected chi connectivity index (χ0v) is 8.71. The molecule has 1 aliphatic heterocycles. The summed E-state index contributed by atoms with van der Waals surface area (Å²) in [6, 6.07) is 0.276. The van der Waals surface area contributed by atoms with Gasteiger partial charge in [-0.3, -0.25) is 0 Å². The Labute approximate surface area is 85.9 Å². The summed E-state index contributed by atoms with van der Waals surface area (Å²) in [6.45, 7) is 1.36. The quantitative estimate of drug-likeness (QED) is 0.680. The lowest BCUT2D eigenvalue weighted by molar-refractivity contribution is -0.0685. The lowest BCUT2D eigenvalue weighted by Gasteiger charge is -2.09. The first-order chi connectivity index (χ1) is 6.78. The zero-order valence-electron chi connectivity index (χ0n) is 7.90. The maximum Gasteiger partial charge on any atom is 0.207 e. The lowest BCUT2D eigenvalue weighted by Crippen LogP contribution is -2.23. The van der Waals surface area contributed by atoms with Gasteiger partial charge in [-0.15, -0.1) is 10.2 Å². The summed E-state index contributed by atoms with van der Waals surface area (Å²) < 4.78 is 0. The number of hydrogen-bond donors (Lipinski definition) is 3. The monoisotopic (exact) mass is 215 g/mol. The van der Waals surface area contributed by atoms with E-state index < -0.39 is 0 Å². The number of nitrogens with zero attached hydrogens (tertiary/aromatic N) is 3. The van der Waals surface area contributed by atoms with Crippen molar-refractivity contribution in [3.05, 3.63) is 0 Å². The van der Waals surface area contributed by atoms with E-state index in [9.17, 15) is 5.21 Å². The molecular weight excluding hydrogens is 202 g/mol. The van der Waals surface area contributed by atoms with Gasteiger partial charge in [-0.2, -0.15) is 5.06 Å². The summed E-state index contributed by atoms with van der Waals surface area (Å²) in [6.07, 6.45) is 0.935. The smallest absolute Gasteiger partial charge is 0.207 e. The molecule has 0 radical (unpaired) electrons. The molecule has 1 fully saturated rings. The van der Waals surface area contributed by atoms with Crippen molar-refractivity contribution in [2.75, 3.05) is 30.8 Å². The predicted molar refractivity (Wildman–Crippen MR) is 54.8 cm³/mol. The minimum Gasteiger partial charge on any atom is -0.363 e. The van der Waals surface area contributed by atoms with Crippen LogP contribution in [0.3, 0.4) is 0 Å². The van der Waals surface area contributed by atoms with E-state index in [2.05, 4.69) is 20.8 Å². The molecule has 0 bridgehead atoms. The highest BCUT2D eigenvalue weighted by Crippen LogP contribution is 2.21. The third-order valence-electron chi connectivity index (χ3n) is 2.13. The molecule has 7 heteroatoms. The topological polar surface area (TPSA) is 73.3 Å². The van der Waals surface area contributed by atoms with Crippen molar-refractivity contribution >= 4 is 21.6 Å². The largest absolute Gasteiger partial charge is 0.363 e. The number of anilines is 2. The average molecular weight is 215 g/mol. The second-order valence-corrected chi connectivity index (χ2v) is 4.18. The van der Waals surface area contributed by atoms with Crippen molar-refractivity contribution in [2.45, 2.75) is 12.5 Å². The molecule has 3 N–H and O–H groups in total. The Morgan fingerprint density at radius 1 is 1.50 bits per heavy atom. The van der Waals surface area contributed by atoms with Gasteiger partial charge in [0.25, 0.3) is 0 Å². The molecule has 2 rings (SSSR count). The first-order valence-electron chi connectivity index (χ1n) is 4.49. The van der Waals surface area contributed by atoms with E-state index in [-0.39, 0.29) is 6.04 Å². The van der Waals surface area contributed by atoms with Crippen molar-refractivity contribution in [2.24, 2.45) is 0 Å². The van der Waals surface area contributed by atoms with Gasteiger partial charge in [-0.25, -0.2) is 0 Å². The van der Waals surface area contributed by atoms with Crippen molar-refractivity contribution in [3.63, 3.8) is 0 Å². The maximum atomic E-state index is 9.18. The third-order valence-corrected chi connectivity index (χ3v) is 3.01. The van der Waals surface area contributed by atoms with Crippen molar-refractivity contribution in [1.29, 1.82) is 0 Å². The first-order valence-corrected chi connectivity index (χ1v) is 5.31. The molecule has 1 aromatic rings. The highest BCUT2D eigenvalue weighted by atomic mass is 32.1. The lowest BCUT2D eigenvalue weighted by atomic mass is 10.3. The Bertz CT molecular complexity index is 304. The second-order valence-electron chi connectivity index (χ2n) is 3.20. The fourth-order valence-electron chi connectivity index (χ4n) is 1.42. The van der Waals surface area contributed by atoms with Crippen LogP contribution in [0.15, 0.2) is 0 Å². The fourth-order valence-corrected chi connectivity index (χ4v) is 2.09. The van der Waals surface area contributed by atoms with E-state index >= 15 is 0 Å². The molecule has 1 saturated heterocycles. The molecule has 1 aliphatic rings. The molecule has 0 saturated carbocycles. The van der Waals surface area contributed by atoms with E-state index in [1.807, 2.05) is 7.05 Å². The summed E-state index contributed by atoms with van der Waals surface area (Å²) in [7, 11) is 1.81. The van der Waals surface area contributed by atoms with Crippen LogP contribution in [0.25, 0.3) is 0 Å².